The summed E-state index contributed by atoms with van der Waals surface area (Å²) in [5.74, 6) is 1.22. The van der Waals surface area contributed by atoms with E-state index in [1.54, 1.807) is 30.3 Å². The van der Waals surface area contributed by atoms with E-state index in [2.05, 4.69) is 20.0 Å². The first-order chi connectivity index (χ1) is 20.1. The number of rotatable bonds is 17. The Bertz CT molecular complexity index is 1350. The second-order valence-corrected chi connectivity index (χ2v) is 9.75. The third-order valence-corrected chi connectivity index (χ3v) is 5.89. The molecular weight excluding hydrogens is 577 g/mol. The second kappa shape index (κ2) is 16.3. The Kier molecular flexibility index (Phi) is 12.8. The second-order valence-electron chi connectivity index (χ2n) is 9.34. The van der Waals surface area contributed by atoms with Crippen LogP contribution in [0.2, 0.25) is 5.02 Å². The number of hydrogen-bond acceptors (Lipinski definition) is 9. The van der Waals surface area contributed by atoms with E-state index >= 15 is 0 Å². The van der Waals surface area contributed by atoms with Crippen LogP contribution < -0.4 is 14.8 Å². The molecule has 1 aromatic heterocycles. The predicted molar refractivity (Wildman–Crippen MR) is 155 cm³/mol. The van der Waals surface area contributed by atoms with Gasteiger partial charge in [0.15, 0.2) is 5.78 Å². The third kappa shape index (κ3) is 11.1. The quantitative estimate of drug-likeness (QED) is 0.154. The van der Waals surface area contributed by atoms with Crippen LogP contribution in [0.1, 0.15) is 12.5 Å². The van der Waals surface area contributed by atoms with Crippen molar-refractivity contribution in [3.63, 3.8) is 0 Å². The SMILES string of the molecule is CCOCCOc1cc2ncnc(Nc3ccc(OCCOCC(F)(F)F)c(Cl)c3)c2cc1CC(=O)/C=C/CN(C)C. The summed E-state index contributed by atoms with van der Waals surface area (Å²) in [6.07, 6.45) is 0.491. The van der Waals surface area contributed by atoms with Crippen LogP contribution in [0, 0.1) is 0 Å². The molecule has 0 fully saturated rings. The molecule has 0 atom stereocenters. The van der Waals surface area contributed by atoms with Gasteiger partial charge in [0.2, 0.25) is 0 Å². The van der Waals surface area contributed by atoms with Crippen molar-refractivity contribution in [1.82, 2.24) is 14.9 Å². The van der Waals surface area contributed by atoms with Gasteiger partial charge >= 0.3 is 6.18 Å². The minimum atomic E-state index is -4.40. The number of allylic oxidation sites excluding steroid dienone is 1. The third-order valence-electron chi connectivity index (χ3n) is 5.59. The molecule has 13 heteroatoms. The first kappa shape index (κ1) is 33.1. The van der Waals surface area contributed by atoms with Crippen molar-refractivity contribution in [3.8, 4) is 11.5 Å². The molecule has 0 unspecified atom stereocenters. The lowest BCUT2D eigenvalue weighted by molar-refractivity contribution is -0.175. The Morgan fingerprint density at radius 3 is 2.45 bits per heavy atom. The lowest BCUT2D eigenvalue weighted by atomic mass is 10.0. The van der Waals surface area contributed by atoms with E-state index in [1.807, 2.05) is 38.1 Å². The fourth-order valence-corrected chi connectivity index (χ4v) is 3.96. The highest BCUT2D eigenvalue weighted by Crippen LogP contribution is 2.33. The molecule has 0 aliphatic rings. The van der Waals surface area contributed by atoms with Crippen molar-refractivity contribution in [2.24, 2.45) is 0 Å². The van der Waals surface area contributed by atoms with Crippen LogP contribution in [0.5, 0.6) is 11.5 Å². The zero-order valence-corrected chi connectivity index (χ0v) is 24.4. The van der Waals surface area contributed by atoms with Gasteiger partial charge in [0.05, 0.1) is 23.8 Å². The van der Waals surface area contributed by atoms with Gasteiger partial charge in [0.25, 0.3) is 0 Å². The van der Waals surface area contributed by atoms with Crippen molar-refractivity contribution in [2.75, 3.05) is 65.6 Å². The highest BCUT2D eigenvalue weighted by Gasteiger charge is 2.27. The predicted octanol–water partition coefficient (Wildman–Crippen LogP) is 5.63. The van der Waals surface area contributed by atoms with Crippen LogP contribution in [-0.2, 0) is 20.7 Å². The molecule has 2 aromatic carbocycles. The maximum Gasteiger partial charge on any atom is 0.411 e. The van der Waals surface area contributed by atoms with E-state index in [9.17, 15) is 18.0 Å². The number of benzene rings is 2. The van der Waals surface area contributed by atoms with Crippen LogP contribution in [0.4, 0.5) is 24.7 Å². The van der Waals surface area contributed by atoms with Gasteiger partial charge in [-0.25, -0.2) is 9.97 Å². The average Bonchev–Trinajstić information content (AvgIpc) is 2.91. The molecule has 3 rings (SSSR count). The number of ketones is 1. The Hall–Kier alpha value is -3.45. The lowest BCUT2D eigenvalue weighted by Gasteiger charge is -2.15. The van der Waals surface area contributed by atoms with Crippen LogP contribution in [0.25, 0.3) is 10.9 Å². The van der Waals surface area contributed by atoms with Crippen LogP contribution >= 0.6 is 11.6 Å². The van der Waals surface area contributed by atoms with Crippen molar-refractivity contribution < 1.29 is 36.9 Å². The number of anilines is 2. The minimum Gasteiger partial charge on any atom is -0.491 e. The monoisotopic (exact) mass is 610 g/mol. The molecule has 0 bridgehead atoms. The molecule has 0 aliphatic heterocycles. The number of ether oxygens (including phenoxy) is 4. The molecule has 0 saturated carbocycles. The molecule has 1 N–H and O–H groups in total. The van der Waals surface area contributed by atoms with Gasteiger partial charge in [0, 0.05) is 42.3 Å². The van der Waals surface area contributed by atoms with Gasteiger partial charge in [-0.15, -0.1) is 0 Å². The fraction of sp³-hybridized carbons (Fsp3) is 0.414. The topological polar surface area (TPSA) is 95.0 Å². The summed E-state index contributed by atoms with van der Waals surface area (Å²) in [4.78, 5) is 23.5. The lowest BCUT2D eigenvalue weighted by Crippen LogP contribution is -2.19. The molecular formula is C29H34ClF3N4O5. The Labute approximate surface area is 247 Å². The molecule has 0 radical (unpaired) electrons. The number of carbonyl (C=O) groups excluding carboxylic acids is 1. The van der Waals surface area contributed by atoms with Crippen molar-refractivity contribution in [3.05, 3.63) is 59.4 Å². The molecule has 42 heavy (non-hydrogen) atoms. The molecule has 228 valence electrons. The largest absolute Gasteiger partial charge is 0.491 e. The number of carbonyl (C=O) groups is 1. The average molecular weight is 611 g/mol. The Morgan fingerprint density at radius 2 is 1.76 bits per heavy atom. The standard InChI is InChI=1S/C29H34ClF3N4O5/c1-4-39-10-12-42-27-17-25-23(15-20(27)14-22(38)6-5-9-37(2)3)28(35-19-34-25)36-21-7-8-26(24(30)16-21)41-13-11-40-18-29(31,32)33/h5-8,15-17,19H,4,9-14,18H2,1-3H3,(H,34,35,36)/b6-5+. The van der Waals surface area contributed by atoms with Gasteiger partial charge in [-0.3, -0.25) is 4.79 Å². The first-order valence-corrected chi connectivity index (χ1v) is 13.6. The number of aromatic nitrogens is 2. The number of halogens is 4. The highest BCUT2D eigenvalue weighted by atomic mass is 35.5. The minimum absolute atomic E-state index is 0.0802. The smallest absolute Gasteiger partial charge is 0.411 e. The maximum absolute atomic E-state index is 12.7. The normalized spacial score (nSPS) is 11.9. The van der Waals surface area contributed by atoms with Gasteiger partial charge in [-0.05, 0) is 51.4 Å². The van der Waals surface area contributed by atoms with Gasteiger partial charge in [-0.2, -0.15) is 13.2 Å². The maximum atomic E-state index is 12.7. The van der Waals surface area contributed by atoms with Crippen LogP contribution in [-0.4, -0.2) is 87.1 Å². The number of fused-ring (bicyclic) bond motifs is 1. The van der Waals surface area contributed by atoms with Gasteiger partial charge in [-0.1, -0.05) is 17.7 Å². The van der Waals surface area contributed by atoms with E-state index in [0.29, 0.717) is 65.8 Å². The zero-order chi connectivity index (χ0) is 30.5. The first-order valence-electron chi connectivity index (χ1n) is 13.2. The zero-order valence-electron chi connectivity index (χ0n) is 23.7. The molecule has 0 aliphatic carbocycles. The molecule has 1 heterocycles. The molecule has 0 saturated heterocycles. The van der Waals surface area contributed by atoms with E-state index < -0.39 is 12.8 Å². The molecule has 0 amide bonds. The Morgan fingerprint density at radius 1 is 1.02 bits per heavy atom. The van der Waals surface area contributed by atoms with E-state index in [-0.39, 0.29) is 30.4 Å². The summed E-state index contributed by atoms with van der Waals surface area (Å²) in [5, 5.41) is 4.11. The number of likely N-dealkylation sites (N-methyl/N-ethyl adjacent to an activating group) is 1. The Balaban J connectivity index is 1.79. The summed E-state index contributed by atoms with van der Waals surface area (Å²) >= 11 is 6.34. The molecule has 9 nitrogen and oxygen atoms in total. The van der Waals surface area contributed by atoms with Crippen molar-refractivity contribution >= 4 is 39.8 Å². The van der Waals surface area contributed by atoms with Crippen LogP contribution in [0.15, 0.2) is 48.8 Å². The summed E-state index contributed by atoms with van der Waals surface area (Å²) in [6.45, 7) is 2.15. The summed E-state index contributed by atoms with van der Waals surface area (Å²) in [7, 11) is 3.84. The van der Waals surface area contributed by atoms with Gasteiger partial charge in [0.1, 0.15) is 43.5 Å². The summed E-state index contributed by atoms with van der Waals surface area (Å²) in [6, 6.07) is 8.48. The number of nitrogens with zero attached hydrogens (tertiary/aromatic N) is 3. The summed E-state index contributed by atoms with van der Waals surface area (Å²) in [5.41, 5.74) is 1.86. The van der Waals surface area contributed by atoms with Crippen molar-refractivity contribution in [2.45, 2.75) is 19.5 Å². The highest BCUT2D eigenvalue weighted by molar-refractivity contribution is 6.32. The number of nitrogens with one attached hydrogen (secondary N) is 1. The van der Waals surface area contributed by atoms with Gasteiger partial charge < -0.3 is 29.2 Å². The fourth-order valence-electron chi connectivity index (χ4n) is 3.73. The van der Waals surface area contributed by atoms with E-state index in [1.165, 1.54) is 6.33 Å². The van der Waals surface area contributed by atoms with E-state index in [4.69, 9.17) is 25.8 Å². The van der Waals surface area contributed by atoms with E-state index in [0.717, 1.165) is 0 Å². The number of alkyl halides is 3. The summed E-state index contributed by atoms with van der Waals surface area (Å²) < 4.78 is 57.9. The molecule has 3 aromatic rings. The number of hydrogen-bond donors (Lipinski definition) is 1. The van der Waals surface area contributed by atoms with Crippen LogP contribution in [0.3, 0.4) is 0 Å². The van der Waals surface area contributed by atoms with Crippen molar-refractivity contribution in [1.29, 1.82) is 0 Å². The molecule has 0 spiro atoms.